The summed E-state index contributed by atoms with van der Waals surface area (Å²) < 4.78 is 5.35. The molecule has 0 radical (unpaired) electrons. The van der Waals surface area contributed by atoms with Crippen molar-refractivity contribution in [3.05, 3.63) is 36.4 Å². The first-order valence-electron chi connectivity index (χ1n) is 6.71. The van der Waals surface area contributed by atoms with Gasteiger partial charge in [-0.15, -0.1) is 0 Å². The summed E-state index contributed by atoms with van der Waals surface area (Å²) in [6.45, 7) is 1.75. The van der Waals surface area contributed by atoms with E-state index in [1.807, 2.05) is 30.3 Å². The van der Waals surface area contributed by atoms with E-state index < -0.39 is 0 Å². The third-order valence-corrected chi connectivity index (χ3v) is 3.05. The molecule has 5 heteroatoms. The molecule has 0 aromatic heterocycles. The number of amides is 2. The van der Waals surface area contributed by atoms with Crippen LogP contribution in [0.25, 0.3) is 10.8 Å². The molecule has 21 heavy (non-hydrogen) atoms. The van der Waals surface area contributed by atoms with Gasteiger partial charge >= 0.3 is 0 Å². The largest absolute Gasteiger partial charge is 0.496 e. The van der Waals surface area contributed by atoms with Crippen LogP contribution in [0.3, 0.4) is 0 Å². The van der Waals surface area contributed by atoms with E-state index in [4.69, 9.17) is 4.74 Å². The summed E-state index contributed by atoms with van der Waals surface area (Å²) in [6, 6.07) is 11.5. The Morgan fingerprint density at radius 2 is 1.95 bits per heavy atom. The summed E-state index contributed by atoms with van der Waals surface area (Å²) >= 11 is 0. The quantitative estimate of drug-likeness (QED) is 0.886. The molecule has 0 saturated carbocycles. The summed E-state index contributed by atoms with van der Waals surface area (Å²) in [7, 11) is 1.60. The van der Waals surface area contributed by atoms with E-state index >= 15 is 0 Å². The minimum absolute atomic E-state index is 0.143. The molecule has 0 heterocycles. The summed E-state index contributed by atoms with van der Waals surface area (Å²) in [4.78, 5) is 22.6. The van der Waals surface area contributed by atoms with Gasteiger partial charge in [0.2, 0.25) is 11.8 Å². The third-order valence-electron chi connectivity index (χ3n) is 3.05. The Balaban J connectivity index is 2.11. The minimum atomic E-state index is -0.152. The molecule has 2 rings (SSSR count). The number of rotatable bonds is 5. The van der Waals surface area contributed by atoms with E-state index in [-0.39, 0.29) is 18.2 Å². The van der Waals surface area contributed by atoms with Crippen LogP contribution in [0, 0.1) is 0 Å². The first-order chi connectivity index (χ1) is 10.1. The van der Waals surface area contributed by atoms with E-state index in [1.54, 1.807) is 13.2 Å². The van der Waals surface area contributed by atoms with Crippen LogP contribution in [0.5, 0.6) is 5.75 Å². The lowest BCUT2D eigenvalue weighted by atomic mass is 10.1. The van der Waals surface area contributed by atoms with Crippen molar-refractivity contribution in [2.24, 2.45) is 0 Å². The topological polar surface area (TPSA) is 67.4 Å². The summed E-state index contributed by atoms with van der Waals surface area (Å²) in [5.74, 6) is 0.418. The number of anilines is 1. The second-order valence-electron chi connectivity index (χ2n) is 4.68. The van der Waals surface area contributed by atoms with Crippen LogP contribution in [-0.2, 0) is 9.59 Å². The minimum Gasteiger partial charge on any atom is -0.496 e. The van der Waals surface area contributed by atoms with Gasteiger partial charge < -0.3 is 15.4 Å². The SMILES string of the molecule is COc1cc(NC(=O)CCNC(C)=O)cc2ccccc12. The van der Waals surface area contributed by atoms with Crippen LogP contribution in [0.1, 0.15) is 13.3 Å². The highest BCUT2D eigenvalue weighted by atomic mass is 16.5. The van der Waals surface area contributed by atoms with E-state index in [0.717, 1.165) is 10.8 Å². The molecule has 0 spiro atoms. The Kier molecular flexibility index (Phi) is 4.77. The Morgan fingerprint density at radius 3 is 2.67 bits per heavy atom. The second kappa shape index (κ2) is 6.74. The molecule has 2 amide bonds. The number of benzene rings is 2. The molecule has 2 aromatic rings. The number of nitrogens with one attached hydrogen (secondary N) is 2. The summed E-state index contributed by atoms with van der Waals surface area (Å²) in [5.41, 5.74) is 0.679. The fourth-order valence-electron chi connectivity index (χ4n) is 2.09. The molecule has 0 bridgehead atoms. The maximum atomic E-state index is 11.8. The van der Waals surface area contributed by atoms with Crippen molar-refractivity contribution in [2.45, 2.75) is 13.3 Å². The smallest absolute Gasteiger partial charge is 0.226 e. The van der Waals surface area contributed by atoms with Crippen molar-refractivity contribution in [3.8, 4) is 5.75 Å². The van der Waals surface area contributed by atoms with Gasteiger partial charge in [0.25, 0.3) is 0 Å². The monoisotopic (exact) mass is 286 g/mol. The van der Waals surface area contributed by atoms with Gasteiger partial charge in [0.05, 0.1) is 7.11 Å². The van der Waals surface area contributed by atoms with Crippen molar-refractivity contribution in [2.75, 3.05) is 19.0 Å². The van der Waals surface area contributed by atoms with Gasteiger partial charge in [0, 0.05) is 37.0 Å². The Morgan fingerprint density at radius 1 is 1.19 bits per heavy atom. The average Bonchev–Trinajstić information content (AvgIpc) is 2.46. The maximum absolute atomic E-state index is 11.8. The van der Waals surface area contributed by atoms with Crippen LogP contribution < -0.4 is 15.4 Å². The molecule has 0 saturated heterocycles. The zero-order valence-electron chi connectivity index (χ0n) is 12.1. The Bertz CT molecular complexity index is 668. The number of methoxy groups -OCH3 is 1. The lowest BCUT2D eigenvalue weighted by Gasteiger charge is -2.10. The van der Waals surface area contributed by atoms with Crippen LogP contribution in [0.2, 0.25) is 0 Å². The summed E-state index contributed by atoms with van der Waals surface area (Å²) in [5, 5.41) is 7.39. The molecule has 2 N–H and O–H groups in total. The van der Waals surface area contributed by atoms with Crippen LogP contribution >= 0.6 is 0 Å². The van der Waals surface area contributed by atoms with Gasteiger partial charge in [-0.2, -0.15) is 0 Å². The zero-order chi connectivity index (χ0) is 15.2. The first-order valence-corrected chi connectivity index (χ1v) is 6.71. The number of fused-ring (bicyclic) bond motifs is 1. The van der Waals surface area contributed by atoms with E-state index in [2.05, 4.69) is 10.6 Å². The third kappa shape index (κ3) is 3.95. The van der Waals surface area contributed by atoms with Crippen LogP contribution in [0.15, 0.2) is 36.4 Å². The first kappa shape index (κ1) is 14.8. The second-order valence-corrected chi connectivity index (χ2v) is 4.68. The van der Waals surface area contributed by atoms with Crippen LogP contribution in [-0.4, -0.2) is 25.5 Å². The number of ether oxygens (including phenoxy) is 1. The van der Waals surface area contributed by atoms with Crippen molar-refractivity contribution in [3.63, 3.8) is 0 Å². The Labute approximate surface area is 123 Å². The molecule has 0 aliphatic heterocycles. The fourth-order valence-corrected chi connectivity index (χ4v) is 2.09. The maximum Gasteiger partial charge on any atom is 0.226 e. The van der Waals surface area contributed by atoms with Gasteiger partial charge in [0.1, 0.15) is 5.75 Å². The zero-order valence-corrected chi connectivity index (χ0v) is 12.1. The molecule has 0 aliphatic rings. The molecule has 2 aromatic carbocycles. The van der Waals surface area contributed by atoms with E-state index in [1.165, 1.54) is 6.92 Å². The van der Waals surface area contributed by atoms with Gasteiger partial charge in [-0.05, 0) is 11.5 Å². The van der Waals surface area contributed by atoms with Gasteiger partial charge in [-0.25, -0.2) is 0 Å². The highest BCUT2D eigenvalue weighted by molar-refractivity contribution is 5.97. The number of carbonyl (C=O) groups excluding carboxylic acids is 2. The Hall–Kier alpha value is -2.56. The molecule has 0 fully saturated rings. The summed E-state index contributed by atoms with van der Waals surface area (Å²) in [6.07, 6.45) is 0.231. The highest BCUT2D eigenvalue weighted by Crippen LogP contribution is 2.29. The lowest BCUT2D eigenvalue weighted by Crippen LogP contribution is -2.25. The standard InChI is InChI=1S/C16H18N2O3/c1-11(19)17-8-7-16(20)18-13-9-12-5-3-4-6-14(12)15(10-13)21-2/h3-6,9-10H,7-8H2,1-2H3,(H,17,19)(H,18,20). The molecular weight excluding hydrogens is 268 g/mol. The predicted octanol–water partition coefficient (Wildman–Crippen LogP) is 2.31. The highest BCUT2D eigenvalue weighted by Gasteiger charge is 2.07. The number of carbonyl (C=O) groups is 2. The van der Waals surface area contributed by atoms with Crippen molar-refractivity contribution >= 4 is 28.3 Å². The lowest BCUT2D eigenvalue weighted by molar-refractivity contribution is -0.119. The number of hydrogen-bond donors (Lipinski definition) is 2. The van der Waals surface area contributed by atoms with Crippen molar-refractivity contribution in [1.29, 1.82) is 0 Å². The van der Waals surface area contributed by atoms with Crippen molar-refractivity contribution < 1.29 is 14.3 Å². The van der Waals surface area contributed by atoms with Gasteiger partial charge in [0.15, 0.2) is 0 Å². The molecule has 0 unspecified atom stereocenters. The van der Waals surface area contributed by atoms with Crippen molar-refractivity contribution in [1.82, 2.24) is 5.32 Å². The molecule has 0 aliphatic carbocycles. The van der Waals surface area contributed by atoms with Gasteiger partial charge in [-0.1, -0.05) is 24.3 Å². The molecule has 0 atom stereocenters. The van der Waals surface area contributed by atoms with Gasteiger partial charge in [-0.3, -0.25) is 9.59 Å². The molecule has 5 nitrogen and oxygen atoms in total. The number of hydrogen-bond acceptors (Lipinski definition) is 3. The fraction of sp³-hybridized carbons (Fsp3) is 0.250. The predicted molar refractivity (Wildman–Crippen MR) is 82.4 cm³/mol. The molecular formula is C16H18N2O3. The van der Waals surface area contributed by atoms with Crippen LogP contribution in [0.4, 0.5) is 5.69 Å². The van der Waals surface area contributed by atoms with E-state index in [9.17, 15) is 9.59 Å². The molecule has 110 valence electrons. The van der Waals surface area contributed by atoms with E-state index in [0.29, 0.717) is 18.0 Å². The average molecular weight is 286 g/mol. The normalized spacial score (nSPS) is 10.2.